The number of pyridine rings is 1. The smallest absolute Gasteiger partial charge is 0.142 e. The lowest BCUT2D eigenvalue weighted by atomic mass is 9.74. The lowest BCUT2D eigenvalue weighted by molar-refractivity contribution is -0.0907. The summed E-state index contributed by atoms with van der Waals surface area (Å²) >= 11 is 0. The van der Waals surface area contributed by atoms with Crippen molar-refractivity contribution in [3.05, 3.63) is 24.0 Å². The molecule has 2 rings (SSSR count). The third kappa shape index (κ3) is 2.96. The molecule has 0 amide bonds. The predicted octanol–water partition coefficient (Wildman–Crippen LogP) is 3.08. The summed E-state index contributed by atoms with van der Waals surface area (Å²) in [5.41, 5.74) is 7.05. The minimum absolute atomic E-state index is 0.244. The van der Waals surface area contributed by atoms with Gasteiger partial charge in [-0.25, -0.2) is 0 Å². The molecule has 1 aromatic rings. The Morgan fingerprint density at radius 2 is 2.15 bits per heavy atom. The standard InChI is InChI=1S/C16H26N2O2/c1-4-20-16(9-7-12(2)8-10-16)15(17)14-13(19-3)6-5-11-18-14/h5-6,11-12,15H,4,7-10,17H2,1-3H3. The molecule has 112 valence electrons. The quantitative estimate of drug-likeness (QED) is 0.899. The molecule has 1 fully saturated rings. The van der Waals surface area contributed by atoms with Gasteiger partial charge in [0.05, 0.1) is 18.8 Å². The van der Waals surface area contributed by atoms with E-state index >= 15 is 0 Å². The van der Waals surface area contributed by atoms with Gasteiger partial charge in [-0.1, -0.05) is 6.92 Å². The normalized spacial score (nSPS) is 28.1. The van der Waals surface area contributed by atoms with E-state index in [0.717, 1.165) is 43.0 Å². The first-order chi connectivity index (χ1) is 9.63. The molecule has 2 N–H and O–H groups in total. The summed E-state index contributed by atoms with van der Waals surface area (Å²) in [4.78, 5) is 4.44. The maximum Gasteiger partial charge on any atom is 0.142 e. The molecule has 0 radical (unpaired) electrons. The van der Waals surface area contributed by atoms with Crippen molar-refractivity contribution in [3.8, 4) is 5.75 Å². The summed E-state index contributed by atoms with van der Waals surface area (Å²) in [6, 6.07) is 3.53. The molecule has 1 aliphatic rings. The van der Waals surface area contributed by atoms with Gasteiger partial charge in [0.2, 0.25) is 0 Å². The molecule has 20 heavy (non-hydrogen) atoms. The average Bonchev–Trinajstić information content (AvgIpc) is 2.49. The molecule has 1 saturated carbocycles. The SMILES string of the molecule is CCOC1(C(N)c2ncccc2OC)CCC(C)CC1. The Labute approximate surface area is 121 Å². The number of nitrogens with two attached hydrogens (primary N) is 1. The van der Waals surface area contributed by atoms with Crippen LogP contribution in [0.3, 0.4) is 0 Å². The fourth-order valence-corrected chi connectivity index (χ4v) is 3.14. The molecule has 0 spiro atoms. The highest BCUT2D eigenvalue weighted by atomic mass is 16.5. The lowest BCUT2D eigenvalue weighted by Crippen LogP contribution is -2.47. The molecule has 0 bridgehead atoms. The van der Waals surface area contributed by atoms with Gasteiger partial charge < -0.3 is 15.2 Å². The van der Waals surface area contributed by atoms with Crippen molar-refractivity contribution >= 4 is 0 Å². The average molecular weight is 278 g/mol. The van der Waals surface area contributed by atoms with Crippen molar-refractivity contribution in [3.63, 3.8) is 0 Å². The Hall–Kier alpha value is -1.13. The van der Waals surface area contributed by atoms with E-state index < -0.39 is 0 Å². The van der Waals surface area contributed by atoms with Gasteiger partial charge >= 0.3 is 0 Å². The Kier molecular flexibility index (Phi) is 5.00. The second-order valence-electron chi connectivity index (χ2n) is 5.75. The predicted molar refractivity (Wildman–Crippen MR) is 79.7 cm³/mol. The van der Waals surface area contributed by atoms with Gasteiger partial charge in [0.1, 0.15) is 11.4 Å². The molecule has 4 nitrogen and oxygen atoms in total. The number of ether oxygens (including phenoxy) is 2. The first-order valence-electron chi connectivity index (χ1n) is 7.51. The third-order valence-electron chi connectivity index (χ3n) is 4.43. The van der Waals surface area contributed by atoms with Gasteiger partial charge in [-0.3, -0.25) is 4.98 Å². The largest absolute Gasteiger partial charge is 0.495 e. The van der Waals surface area contributed by atoms with Crippen LogP contribution in [0.4, 0.5) is 0 Å². The topological polar surface area (TPSA) is 57.4 Å². The van der Waals surface area contributed by atoms with Crippen LogP contribution in [0, 0.1) is 5.92 Å². The molecule has 1 heterocycles. The van der Waals surface area contributed by atoms with E-state index in [4.69, 9.17) is 15.2 Å². The fraction of sp³-hybridized carbons (Fsp3) is 0.688. The minimum atomic E-state index is -0.303. The highest BCUT2D eigenvalue weighted by molar-refractivity contribution is 5.31. The Bertz CT molecular complexity index is 428. The van der Waals surface area contributed by atoms with Crippen LogP contribution >= 0.6 is 0 Å². The molecule has 1 aromatic heterocycles. The summed E-state index contributed by atoms with van der Waals surface area (Å²) in [5, 5.41) is 0. The second kappa shape index (κ2) is 6.55. The first kappa shape index (κ1) is 15.3. The number of hydrogen-bond donors (Lipinski definition) is 1. The highest BCUT2D eigenvalue weighted by Crippen LogP contribution is 2.43. The maximum absolute atomic E-state index is 6.55. The molecule has 1 aliphatic carbocycles. The molecular weight excluding hydrogens is 252 g/mol. The van der Waals surface area contributed by atoms with Gasteiger partial charge in [-0.15, -0.1) is 0 Å². The van der Waals surface area contributed by atoms with Crippen LogP contribution in [0.2, 0.25) is 0 Å². The highest BCUT2D eigenvalue weighted by Gasteiger charge is 2.42. The second-order valence-corrected chi connectivity index (χ2v) is 5.75. The summed E-state index contributed by atoms with van der Waals surface area (Å²) < 4.78 is 11.5. The summed E-state index contributed by atoms with van der Waals surface area (Å²) in [6.45, 7) is 5.00. The first-order valence-corrected chi connectivity index (χ1v) is 7.51. The zero-order valence-electron chi connectivity index (χ0n) is 12.8. The minimum Gasteiger partial charge on any atom is -0.495 e. The van der Waals surface area contributed by atoms with E-state index in [1.807, 2.05) is 19.1 Å². The van der Waals surface area contributed by atoms with Crippen LogP contribution in [0.15, 0.2) is 18.3 Å². The molecule has 0 saturated heterocycles. The van der Waals surface area contributed by atoms with Crippen LogP contribution in [0.5, 0.6) is 5.75 Å². The van der Waals surface area contributed by atoms with E-state index in [1.54, 1.807) is 13.3 Å². The number of methoxy groups -OCH3 is 1. The molecule has 0 aliphatic heterocycles. The van der Waals surface area contributed by atoms with Crippen LogP contribution in [-0.4, -0.2) is 24.3 Å². The number of aromatic nitrogens is 1. The Balaban J connectivity index is 2.29. The van der Waals surface area contributed by atoms with Crippen molar-refractivity contribution in [2.24, 2.45) is 11.7 Å². The Morgan fingerprint density at radius 3 is 2.75 bits per heavy atom. The molecule has 1 atom stereocenters. The van der Waals surface area contributed by atoms with E-state index in [2.05, 4.69) is 11.9 Å². The van der Waals surface area contributed by atoms with Gasteiger partial charge in [-0.05, 0) is 50.7 Å². The van der Waals surface area contributed by atoms with Gasteiger partial charge in [0.15, 0.2) is 0 Å². The van der Waals surface area contributed by atoms with E-state index in [-0.39, 0.29) is 11.6 Å². The van der Waals surface area contributed by atoms with E-state index in [9.17, 15) is 0 Å². The van der Waals surface area contributed by atoms with Crippen LogP contribution < -0.4 is 10.5 Å². The number of rotatable bonds is 5. The van der Waals surface area contributed by atoms with E-state index in [0.29, 0.717) is 6.61 Å². The molecule has 4 heteroatoms. The zero-order valence-corrected chi connectivity index (χ0v) is 12.8. The van der Waals surface area contributed by atoms with Gasteiger partial charge in [-0.2, -0.15) is 0 Å². The summed E-state index contributed by atoms with van der Waals surface area (Å²) in [6.07, 6.45) is 6.06. The fourth-order valence-electron chi connectivity index (χ4n) is 3.14. The van der Waals surface area contributed by atoms with Crippen LogP contribution in [0.1, 0.15) is 51.3 Å². The van der Waals surface area contributed by atoms with E-state index in [1.165, 1.54) is 0 Å². The zero-order chi connectivity index (χ0) is 14.6. The Morgan fingerprint density at radius 1 is 1.45 bits per heavy atom. The molecular formula is C16H26N2O2. The molecule has 1 unspecified atom stereocenters. The third-order valence-corrected chi connectivity index (χ3v) is 4.43. The van der Waals surface area contributed by atoms with Crippen molar-refractivity contribution < 1.29 is 9.47 Å². The van der Waals surface area contributed by atoms with Crippen molar-refractivity contribution in [1.29, 1.82) is 0 Å². The maximum atomic E-state index is 6.55. The van der Waals surface area contributed by atoms with Gasteiger partial charge in [0, 0.05) is 12.8 Å². The van der Waals surface area contributed by atoms with Crippen LogP contribution in [0.25, 0.3) is 0 Å². The van der Waals surface area contributed by atoms with Crippen molar-refractivity contribution in [1.82, 2.24) is 4.98 Å². The summed E-state index contributed by atoms with van der Waals surface area (Å²) in [5.74, 6) is 1.50. The van der Waals surface area contributed by atoms with Crippen molar-refractivity contribution in [2.45, 2.75) is 51.2 Å². The lowest BCUT2D eigenvalue weighted by Gasteiger charge is -2.43. The monoisotopic (exact) mass is 278 g/mol. The summed E-state index contributed by atoms with van der Waals surface area (Å²) in [7, 11) is 1.66. The van der Waals surface area contributed by atoms with Gasteiger partial charge in [0.25, 0.3) is 0 Å². The van der Waals surface area contributed by atoms with Crippen molar-refractivity contribution in [2.75, 3.05) is 13.7 Å². The number of hydrogen-bond acceptors (Lipinski definition) is 4. The van der Waals surface area contributed by atoms with Crippen LogP contribution in [-0.2, 0) is 4.74 Å². The number of nitrogens with zero attached hydrogens (tertiary/aromatic N) is 1. The molecule has 0 aromatic carbocycles.